The summed E-state index contributed by atoms with van der Waals surface area (Å²) in [5, 5.41) is 0. The van der Waals surface area contributed by atoms with E-state index >= 15 is 0 Å². The Bertz CT molecular complexity index is 164. The van der Waals surface area contributed by atoms with Crippen molar-refractivity contribution < 1.29 is 4.74 Å². The molecule has 1 heteroatoms. The number of rotatable bonds is 4. The summed E-state index contributed by atoms with van der Waals surface area (Å²) in [6, 6.07) is 0. The van der Waals surface area contributed by atoms with E-state index in [0.29, 0.717) is 6.10 Å². The number of allylic oxidation sites excluding steroid dienone is 1. The lowest BCUT2D eigenvalue weighted by molar-refractivity contribution is 0.0164. The molecule has 0 aromatic rings. The lowest BCUT2D eigenvalue weighted by Gasteiger charge is -2.26. The van der Waals surface area contributed by atoms with Crippen molar-refractivity contribution in [3.63, 3.8) is 0 Å². The summed E-state index contributed by atoms with van der Waals surface area (Å²) >= 11 is 0. The van der Waals surface area contributed by atoms with Crippen LogP contribution in [0.4, 0.5) is 0 Å². The van der Waals surface area contributed by atoms with Crippen molar-refractivity contribution in [3.8, 4) is 0 Å². The van der Waals surface area contributed by atoms with Crippen molar-refractivity contribution in [3.05, 3.63) is 12.7 Å². The molecule has 0 heterocycles. The Kier molecular flexibility index (Phi) is 3.05. The van der Waals surface area contributed by atoms with E-state index in [4.69, 9.17) is 4.74 Å². The molecule has 0 saturated heterocycles. The van der Waals surface area contributed by atoms with Crippen LogP contribution in [0.3, 0.4) is 0 Å². The minimum atomic E-state index is 0.566. The molecule has 74 valence electrons. The minimum Gasteiger partial charge on any atom is -0.378 e. The highest BCUT2D eigenvalue weighted by atomic mass is 16.5. The van der Waals surface area contributed by atoms with Gasteiger partial charge in [-0.05, 0) is 50.4 Å². The predicted molar refractivity (Wildman–Crippen MR) is 54.6 cm³/mol. The lowest BCUT2D eigenvalue weighted by Crippen LogP contribution is -2.21. The van der Waals surface area contributed by atoms with Crippen molar-refractivity contribution in [1.82, 2.24) is 0 Å². The summed E-state index contributed by atoms with van der Waals surface area (Å²) in [4.78, 5) is 0. The summed E-state index contributed by atoms with van der Waals surface area (Å²) in [6.45, 7) is 4.88. The van der Waals surface area contributed by atoms with Gasteiger partial charge < -0.3 is 4.74 Å². The molecule has 0 N–H and O–H groups in total. The fourth-order valence-electron chi connectivity index (χ4n) is 2.05. The molecule has 2 aliphatic carbocycles. The highest BCUT2D eigenvalue weighted by Gasteiger charge is 2.25. The SMILES string of the molecule is C=CC1CCC(OCC2CC2)CC1. The summed E-state index contributed by atoms with van der Waals surface area (Å²) < 4.78 is 5.87. The number of ether oxygens (including phenoxy) is 1. The highest BCUT2D eigenvalue weighted by molar-refractivity contribution is 4.84. The molecule has 13 heavy (non-hydrogen) atoms. The summed E-state index contributed by atoms with van der Waals surface area (Å²) in [5.41, 5.74) is 0. The molecule has 0 aromatic heterocycles. The van der Waals surface area contributed by atoms with Crippen LogP contribution in [0, 0.1) is 11.8 Å². The quantitative estimate of drug-likeness (QED) is 0.604. The van der Waals surface area contributed by atoms with E-state index in [9.17, 15) is 0 Å². The van der Waals surface area contributed by atoms with Gasteiger partial charge in [0, 0.05) is 6.61 Å². The van der Waals surface area contributed by atoms with Crippen molar-refractivity contribution in [2.45, 2.75) is 44.6 Å². The first kappa shape index (κ1) is 9.26. The van der Waals surface area contributed by atoms with Gasteiger partial charge in [-0.25, -0.2) is 0 Å². The molecular formula is C12H20O. The van der Waals surface area contributed by atoms with Crippen LogP contribution < -0.4 is 0 Å². The van der Waals surface area contributed by atoms with Crippen LogP contribution in [0.1, 0.15) is 38.5 Å². The van der Waals surface area contributed by atoms with E-state index in [1.807, 2.05) is 0 Å². The number of hydrogen-bond acceptors (Lipinski definition) is 1. The Hall–Kier alpha value is -0.300. The minimum absolute atomic E-state index is 0.566. The molecule has 0 bridgehead atoms. The second kappa shape index (κ2) is 4.28. The molecule has 0 atom stereocenters. The average Bonchev–Trinajstić information content (AvgIpc) is 2.99. The van der Waals surface area contributed by atoms with E-state index in [-0.39, 0.29) is 0 Å². The third-order valence-corrected chi connectivity index (χ3v) is 3.32. The molecular weight excluding hydrogens is 160 g/mol. The van der Waals surface area contributed by atoms with E-state index < -0.39 is 0 Å². The first-order chi connectivity index (χ1) is 6.38. The fourth-order valence-corrected chi connectivity index (χ4v) is 2.05. The topological polar surface area (TPSA) is 9.23 Å². The molecule has 0 amide bonds. The normalized spacial score (nSPS) is 34.5. The van der Waals surface area contributed by atoms with Crippen LogP contribution >= 0.6 is 0 Å². The third-order valence-electron chi connectivity index (χ3n) is 3.32. The van der Waals surface area contributed by atoms with Crippen LogP contribution in [0.25, 0.3) is 0 Å². The Morgan fingerprint density at radius 1 is 1.08 bits per heavy atom. The monoisotopic (exact) mass is 180 g/mol. The molecule has 2 fully saturated rings. The van der Waals surface area contributed by atoms with E-state index in [1.165, 1.54) is 38.5 Å². The van der Waals surface area contributed by atoms with Gasteiger partial charge in [-0.15, -0.1) is 6.58 Å². The van der Waals surface area contributed by atoms with Crippen molar-refractivity contribution in [1.29, 1.82) is 0 Å². The average molecular weight is 180 g/mol. The molecule has 1 nitrogen and oxygen atoms in total. The smallest absolute Gasteiger partial charge is 0.0575 e. The van der Waals surface area contributed by atoms with E-state index in [2.05, 4.69) is 12.7 Å². The van der Waals surface area contributed by atoms with Gasteiger partial charge >= 0.3 is 0 Å². The third kappa shape index (κ3) is 2.84. The number of hydrogen-bond donors (Lipinski definition) is 0. The summed E-state index contributed by atoms with van der Waals surface area (Å²) in [7, 11) is 0. The standard InChI is InChI=1S/C12H20O/c1-2-10-5-7-12(8-6-10)13-9-11-3-4-11/h2,10-12H,1,3-9H2. The van der Waals surface area contributed by atoms with Crippen LogP contribution in [0.5, 0.6) is 0 Å². The maximum atomic E-state index is 5.87. The first-order valence-corrected chi connectivity index (χ1v) is 5.62. The molecule has 0 aromatic carbocycles. The van der Waals surface area contributed by atoms with Crippen molar-refractivity contribution in [2.75, 3.05) is 6.61 Å². The van der Waals surface area contributed by atoms with Crippen LogP contribution in [-0.2, 0) is 4.74 Å². The Morgan fingerprint density at radius 2 is 1.77 bits per heavy atom. The van der Waals surface area contributed by atoms with Gasteiger partial charge in [0.25, 0.3) is 0 Å². The largest absolute Gasteiger partial charge is 0.378 e. The van der Waals surface area contributed by atoms with E-state index in [0.717, 1.165) is 18.4 Å². The predicted octanol–water partition coefficient (Wildman–Crippen LogP) is 3.16. The molecule has 0 unspecified atom stereocenters. The molecule has 0 radical (unpaired) electrons. The Morgan fingerprint density at radius 3 is 2.31 bits per heavy atom. The molecule has 2 saturated carbocycles. The van der Waals surface area contributed by atoms with Crippen LogP contribution in [0.2, 0.25) is 0 Å². The zero-order valence-electron chi connectivity index (χ0n) is 8.37. The molecule has 0 spiro atoms. The second-order valence-electron chi connectivity index (χ2n) is 4.55. The first-order valence-electron chi connectivity index (χ1n) is 5.62. The van der Waals surface area contributed by atoms with Gasteiger partial charge in [0.2, 0.25) is 0 Å². The van der Waals surface area contributed by atoms with Gasteiger partial charge in [0.15, 0.2) is 0 Å². The Balaban J connectivity index is 1.62. The van der Waals surface area contributed by atoms with Gasteiger partial charge in [-0.2, -0.15) is 0 Å². The maximum Gasteiger partial charge on any atom is 0.0575 e. The highest BCUT2D eigenvalue weighted by Crippen LogP contribution is 2.32. The molecule has 2 aliphatic rings. The summed E-state index contributed by atoms with van der Waals surface area (Å²) in [5.74, 6) is 1.68. The maximum absolute atomic E-state index is 5.87. The van der Waals surface area contributed by atoms with Crippen molar-refractivity contribution in [2.24, 2.45) is 11.8 Å². The zero-order chi connectivity index (χ0) is 9.10. The fraction of sp³-hybridized carbons (Fsp3) is 0.833. The van der Waals surface area contributed by atoms with Crippen LogP contribution in [-0.4, -0.2) is 12.7 Å². The van der Waals surface area contributed by atoms with Gasteiger partial charge in [-0.3, -0.25) is 0 Å². The van der Waals surface area contributed by atoms with Gasteiger partial charge in [0.1, 0.15) is 0 Å². The summed E-state index contributed by atoms with van der Waals surface area (Å²) in [6.07, 6.45) is 10.6. The zero-order valence-corrected chi connectivity index (χ0v) is 8.37. The second-order valence-corrected chi connectivity index (χ2v) is 4.55. The van der Waals surface area contributed by atoms with Crippen molar-refractivity contribution >= 4 is 0 Å². The van der Waals surface area contributed by atoms with Gasteiger partial charge in [-0.1, -0.05) is 6.08 Å². The van der Waals surface area contributed by atoms with Gasteiger partial charge in [0.05, 0.1) is 6.10 Å². The lowest BCUT2D eigenvalue weighted by atomic mass is 9.87. The molecule has 2 rings (SSSR count). The van der Waals surface area contributed by atoms with Crippen LogP contribution in [0.15, 0.2) is 12.7 Å². The Labute approximate surface area is 81.2 Å². The van der Waals surface area contributed by atoms with E-state index in [1.54, 1.807) is 0 Å². The molecule has 0 aliphatic heterocycles.